The zero-order valence-corrected chi connectivity index (χ0v) is 14.0. The van der Waals surface area contributed by atoms with Crippen molar-refractivity contribution < 1.29 is 9.59 Å². The van der Waals surface area contributed by atoms with Gasteiger partial charge in [-0.2, -0.15) is 0 Å². The van der Waals surface area contributed by atoms with Crippen LogP contribution in [0.4, 0.5) is 11.4 Å². The van der Waals surface area contributed by atoms with Crippen LogP contribution in [-0.4, -0.2) is 17.9 Å². The van der Waals surface area contributed by atoms with E-state index in [1.165, 1.54) is 19.8 Å². The quantitative estimate of drug-likeness (QED) is 0.800. The fourth-order valence-corrected chi connectivity index (χ4v) is 3.10. The molecule has 23 heavy (non-hydrogen) atoms. The minimum Gasteiger partial charge on any atom is -0.327 e. The van der Waals surface area contributed by atoms with Gasteiger partial charge in [0.05, 0.1) is 5.92 Å². The van der Waals surface area contributed by atoms with Crippen LogP contribution in [0.3, 0.4) is 0 Å². The van der Waals surface area contributed by atoms with Gasteiger partial charge >= 0.3 is 0 Å². The number of carbonyl (C=O) groups excluding carboxylic acids is 2. The second-order valence-corrected chi connectivity index (χ2v) is 6.46. The Hall–Kier alpha value is -1.88. The number of hydrogen-bond acceptors (Lipinski definition) is 3. The number of nitrogens with one attached hydrogen (secondary N) is 2. The standard InChI is InChI=1S/C18H27N3O2/c1-12-9-10-14(20-13(2)22)11-17(12)21-18(23)15-7-5-3-4-6-8-16(15)19/h9-11,15-16H,3-8,19H2,1-2H3,(H,20,22)(H,21,23). The number of nitrogens with two attached hydrogens (primary N) is 1. The van der Waals surface area contributed by atoms with E-state index >= 15 is 0 Å². The van der Waals surface area contributed by atoms with Crippen molar-refractivity contribution in [2.75, 3.05) is 10.6 Å². The van der Waals surface area contributed by atoms with Crippen LogP contribution in [0.2, 0.25) is 0 Å². The Bertz CT molecular complexity index is 571. The minimum absolute atomic E-state index is 0.0116. The SMILES string of the molecule is CC(=O)Nc1ccc(C)c(NC(=O)C2CCCCCCC2N)c1. The molecule has 0 aromatic heterocycles. The van der Waals surface area contributed by atoms with Gasteiger partial charge in [0.25, 0.3) is 0 Å². The van der Waals surface area contributed by atoms with Crippen molar-refractivity contribution in [2.45, 2.75) is 58.4 Å². The van der Waals surface area contributed by atoms with Gasteiger partial charge in [-0.05, 0) is 37.5 Å². The first-order valence-corrected chi connectivity index (χ1v) is 8.42. The van der Waals surface area contributed by atoms with Gasteiger partial charge in [-0.3, -0.25) is 9.59 Å². The second kappa shape index (κ2) is 8.11. The lowest BCUT2D eigenvalue weighted by Gasteiger charge is -2.25. The molecule has 5 nitrogen and oxygen atoms in total. The van der Waals surface area contributed by atoms with Crippen LogP contribution in [0.5, 0.6) is 0 Å². The average molecular weight is 317 g/mol. The molecule has 4 N–H and O–H groups in total. The maximum absolute atomic E-state index is 12.7. The molecule has 2 atom stereocenters. The molecule has 1 aliphatic carbocycles. The Morgan fingerprint density at radius 3 is 2.48 bits per heavy atom. The summed E-state index contributed by atoms with van der Waals surface area (Å²) in [6.07, 6.45) is 6.28. The van der Waals surface area contributed by atoms with Crippen LogP contribution >= 0.6 is 0 Å². The van der Waals surface area contributed by atoms with E-state index < -0.39 is 0 Å². The third-order valence-electron chi connectivity index (χ3n) is 4.47. The molecule has 1 fully saturated rings. The molecule has 0 heterocycles. The highest BCUT2D eigenvalue weighted by molar-refractivity contribution is 5.95. The van der Waals surface area contributed by atoms with Crippen LogP contribution < -0.4 is 16.4 Å². The highest BCUT2D eigenvalue weighted by Gasteiger charge is 2.26. The van der Waals surface area contributed by atoms with Gasteiger partial charge < -0.3 is 16.4 Å². The number of benzene rings is 1. The molecule has 2 amide bonds. The molecule has 2 unspecified atom stereocenters. The Morgan fingerprint density at radius 1 is 1.09 bits per heavy atom. The smallest absolute Gasteiger partial charge is 0.229 e. The molecule has 0 radical (unpaired) electrons. The summed E-state index contributed by atoms with van der Waals surface area (Å²) in [7, 11) is 0. The maximum atomic E-state index is 12.7. The Balaban J connectivity index is 2.10. The molecule has 0 saturated heterocycles. The van der Waals surface area contributed by atoms with Gasteiger partial charge in [-0.1, -0.05) is 31.7 Å². The lowest BCUT2D eigenvalue weighted by Crippen LogP contribution is -2.39. The first-order valence-electron chi connectivity index (χ1n) is 8.42. The van der Waals surface area contributed by atoms with Crippen molar-refractivity contribution in [1.82, 2.24) is 0 Å². The van der Waals surface area contributed by atoms with E-state index in [4.69, 9.17) is 5.73 Å². The van der Waals surface area contributed by atoms with Crippen molar-refractivity contribution in [3.63, 3.8) is 0 Å². The van der Waals surface area contributed by atoms with Crippen LogP contribution in [-0.2, 0) is 9.59 Å². The normalized spacial score (nSPS) is 21.9. The largest absolute Gasteiger partial charge is 0.327 e. The van der Waals surface area contributed by atoms with Crippen LogP contribution in [0.1, 0.15) is 51.0 Å². The van der Waals surface area contributed by atoms with Gasteiger partial charge in [0.2, 0.25) is 11.8 Å². The highest BCUT2D eigenvalue weighted by atomic mass is 16.2. The maximum Gasteiger partial charge on any atom is 0.229 e. The summed E-state index contributed by atoms with van der Waals surface area (Å²) < 4.78 is 0. The molecular formula is C18H27N3O2. The number of hydrogen-bond donors (Lipinski definition) is 3. The van der Waals surface area contributed by atoms with E-state index in [-0.39, 0.29) is 23.8 Å². The number of aryl methyl sites for hydroxylation is 1. The lowest BCUT2D eigenvalue weighted by molar-refractivity contribution is -0.121. The predicted octanol–water partition coefficient (Wildman–Crippen LogP) is 3.19. The van der Waals surface area contributed by atoms with E-state index in [0.29, 0.717) is 5.69 Å². The highest BCUT2D eigenvalue weighted by Crippen LogP contribution is 2.25. The zero-order chi connectivity index (χ0) is 16.8. The monoisotopic (exact) mass is 317 g/mol. The van der Waals surface area contributed by atoms with E-state index in [1.807, 2.05) is 19.1 Å². The van der Waals surface area contributed by atoms with Crippen molar-refractivity contribution in [2.24, 2.45) is 11.7 Å². The van der Waals surface area contributed by atoms with Crippen LogP contribution in [0.15, 0.2) is 18.2 Å². The summed E-state index contributed by atoms with van der Waals surface area (Å²) in [5.74, 6) is -0.283. The molecule has 1 saturated carbocycles. The predicted molar refractivity (Wildman–Crippen MR) is 93.3 cm³/mol. The van der Waals surface area contributed by atoms with Gasteiger partial charge in [0, 0.05) is 24.3 Å². The number of anilines is 2. The zero-order valence-electron chi connectivity index (χ0n) is 14.0. The van der Waals surface area contributed by atoms with Gasteiger partial charge in [-0.25, -0.2) is 0 Å². The summed E-state index contributed by atoms with van der Waals surface area (Å²) in [5.41, 5.74) is 8.60. The summed E-state index contributed by atoms with van der Waals surface area (Å²) in [6, 6.07) is 5.44. The summed E-state index contributed by atoms with van der Waals surface area (Å²) in [6.45, 7) is 3.40. The molecule has 0 spiro atoms. The van der Waals surface area contributed by atoms with E-state index in [9.17, 15) is 9.59 Å². The van der Waals surface area contributed by atoms with E-state index in [0.717, 1.165) is 36.9 Å². The second-order valence-electron chi connectivity index (χ2n) is 6.46. The molecule has 1 aromatic carbocycles. The number of rotatable bonds is 3. The first-order chi connectivity index (χ1) is 11.0. The molecule has 0 bridgehead atoms. The van der Waals surface area contributed by atoms with Crippen molar-refractivity contribution >= 4 is 23.2 Å². The molecular weight excluding hydrogens is 290 g/mol. The van der Waals surface area contributed by atoms with Crippen LogP contribution in [0.25, 0.3) is 0 Å². The lowest BCUT2D eigenvalue weighted by atomic mass is 9.86. The van der Waals surface area contributed by atoms with Crippen molar-refractivity contribution in [3.8, 4) is 0 Å². The molecule has 1 aromatic rings. The summed E-state index contributed by atoms with van der Waals surface area (Å²) in [4.78, 5) is 23.8. The molecule has 1 aliphatic rings. The van der Waals surface area contributed by atoms with Crippen LogP contribution in [0, 0.1) is 12.8 Å². The Morgan fingerprint density at radius 2 is 1.78 bits per heavy atom. The first kappa shape index (κ1) is 17.5. The third kappa shape index (κ3) is 5.06. The molecule has 5 heteroatoms. The van der Waals surface area contributed by atoms with Gasteiger partial charge in [0.1, 0.15) is 0 Å². The van der Waals surface area contributed by atoms with E-state index in [1.54, 1.807) is 6.07 Å². The fraction of sp³-hybridized carbons (Fsp3) is 0.556. The number of amides is 2. The minimum atomic E-state index is -0.140. The molecule has 126 valence electrons. The fourth-order valence-electron chi connectivity index (χ4n) is 3.10. The topological polar surface area (TPSA) is 84.2 Å². The molecule has 2 rings (SSSR count). The molecule has 0 aliphatic heterocycles. The Labute approximate surface area is 138 Å². The summed E-state index contributed by atoms with van der Waals surface area (Å²) in [5, 5.41) is 5.74. The average Bonchev–Trinajstić information content (AvgIpc) is 2.46. The van der Waals surface area contributed by atoms with E-state index in [2.05, 4.69) is 10.6 Å². The third-order valence-corrected chi connectivity index (χ3v) is 4.47. The van der Waals surface area contributed by atoms with Crippen molar-refractivity contribution in [1.29, 1.82) is 0 Å². The van der Waals surface area contributed by atoms with Gasteiger partial charge in [0.15, 0.2) is 0 Å². The van der Waals surface area contributed by atoms with Gasteiger partial charge in [-0.15, -0.1) is 0 Å². The van der Waals surface area contributed by atoms with Crippen molar-refractivity contribution in [3.05, 3.63) is 23.8 Å². The Kier molecular flexibility index (Phi) is 6.16. The number of carbonyl (C=O) groups is 2. The summed E-state index contributed by atoms with van der Waals surface area (Å²) >= 11 is 0.